The molecule has 1 heterocycles. The fourth-order valence-electron chi connectivity index (χ4n) is 1.40. The normalized spacial score (nSPS) is 22.0. The summed E-state index contributed by atoms with van der Waals surface area (Å²) in [5.41, 5.74) is 0. The summed E-state index contributed by atoms with van der Waals surface area (Å²) in [7, 11) is 0. The lowest BCUT2D eigenvalue weighted by Gasteiger charge is -2.09. The molecule has 0 saturated carbocycles. The van der Waals surface area contributed by atoms with Crippen molar-refractivity contribution in [3.05, 3.63) is 30.3 Å². The highest BCUT2D eigenvalue weighted by Crippen LogP contribution is 2.15. The van der Waals surface area contributed by atoms with Crippen LogP contribution in [0.2, 0.25) is 0 Å². The molecule has 1 aromatic carbocycles. The SMILES string of the molecule is c1ccc(SNC2CCNC2)cc1. The summed E-state index contributed by atoms with van der Waals surface area (Å²) in [6, 6.07) is 11.1. The molecular formula is C10H14N2S. The Hall–Kier alpha value is -0.510. The van der Waals surface area contributed by atoms with Crippen molar-refractivity contribution in [1.29, 1.82) is 0 Å². The van der Waals surface area contributed by atoms with Crippen molar-refractivity contribution in [3.63, 3.8) is 0 Å². The average molecular weight is 194 g/mol. The van der Waals surface area contributed by atoms with Gasteiger partial charge in [0.2, 0.25) is 0 Å². The third kappa shape index (κ3) is 2.72. The molecule has 1 aliphatic heterocycles. The number of benzene rings is 1. The second kappa shape index (κ2) is 4.65. The standard InChI is InChI=1S/C10H14N2S/c1-2-4-10(5-3-1)13-12-9-6-7-11-8-9/h1-5,9,11-12H,6-8H2. The Morgan fingerprint density at radius 1 is 1.31 bits per heavy atom. The van der Waals surface area contributed by atoms with Gasteiger partial charge < -0.3 is 5.32 Å². The van der Waals surface area contributed by atoms with Crippen molar-refractivity contribution in [2.45, 2.75) is 17.4 Å². The first kappa shape index (κ1) is 9.06. The highest BCUT2D eigenvalue weighted by molar-refractivity contribution is 7.97. The summed E-state index contributed by atoms with van der Waals surface area (Å²) >= 11 is 1.73. The Morgan fingerprint density at radius 3 is 2.85 bits per heavy atom. The number of rotatable bonds is 3. The predicted molar refractivity (Wildman–Crippen MR) is 56.7 cm³/mol. The van der Waals surface area contributed by atoms with Crippen LogP contribution in [0.3, 0.4) is 0 Å². The molecule has 3 heteroatoms. The molecule has 0 bridgehead atoms. The molecule has 0 aromatic heterocycles. The zero-order chi connectivity index (χ0) is 8.93. The van der Waals surface area contributed by atoms with Gasteiger partial charge in [0, 0.05) is 17.5 Å². The van der Waals surface area contributed by atoms with Crippen LogP contribution in [-0.4, -0.2) is 19.1 Å². The fourth-order valence-corrected chi connectivity index (χ4v) is 2.19. The van der Waals surface area contributed by atoms with E-state index >= 15 is 0 Å². The lowest BCUT2D eigenvalue weighted by Crippen LogP contribution is -2.25. The first-order chi connectivity index (χ1) is 6.45. The van der Waals surface area contributed by atoms with Crippen LogP contribution in [0, 0.1) is 0 Å². The van der Waals surface area contributed by atoms with Crippen LogP contribution in [0.5, 0.6) is 0 Å². The van der Waals surface area contributed by atoms with E-state index in [1.54, 1.807) is 11.9 Å². The second-order valence-corrected chi connectivity index (χ2v) is 4.13. The van der Waals surface area contributed by atoms with Crippen molar-refractivity contribution < 1.29 is 0 Å². The molecular weight excluding hydrogens is 180 g/mol. The first-order valence-corrected chi connectivity index (χ1v) is 5.45. The predicted octanol–water partition coefficient (Wildman–Crippen LogP) is 1.65. The van der Waals surface area contributed by atoms with Crippen molar-refractivity contribution in [1.82, 2.24) is 10.0 Å². The maximum atomic E-state index is 3.45. The molecule has 0 amide bonds. The maximum absolute atomic E-state index is 3.45. The lowest BCUT2D eigenvalue weighted by atomic mass is 10.3. The van der Waals surface area contributed by atoms with Crippen molar-refractivity contribution in [3.8, 4) is 0 Å². The molecule has 70 valence electrons. The Labute approximate surface area is 83.2 Å². The topological polar surface area (TPSA) is 24.1 Å². The summed E-state index contributed by atoms with van der Waals surface area (Å²) in [6.45, 7) is 2.24. The quantitative estimate of drug-likeness (QED) is 0.715. The number of hydrogen-bond donors (Lipinski definition) is 2. The molecule has 1 atom stereocenters. The van der Waals surface area contributed by atoms with E-state index in [0.717, 1.165) is 13.1 Å². The van der Waals surface area contributed by atoms with Gasteiger partial charge in [-0.3, -0.25) is 4.72 Å². The van der Waals surface area contributed by atoms with Gasteiger partial charge in [0.25, 0.3) is 0 Å². The van der Waals surface area contributed by atoms with Crippen LogP contribution in [-0.2, 0) is 0 Å². The van der Waals surface area contributed by atoms with Gasteiger partial charge in [0.15, 0.2) is 0 Å². The lowest BCUT2D eigenvalue weighted by molar-refractivity contribution is 0.693. The van der Waals surface area contributed by atoms with Gasteiger partial charge in [-0.25, -0.2) is 0 Å². The highest BCUT2D eigenvalue weighted by atomic mass is 32.2. The molecule has 0 aliphatic carbocycles. The van der Waals surface area contributed by atoms with Gasteiger partial charge in [-0.05, 0) is 37.0 Å². The molecule has 1 aliphatic rings. The molecule has 2 rings (SSSR count). The van der Waals surface area contributed by atoms with E-state index in [0.29, 0.717) is 6.04 Å². The van der Waals surface area contributed by atoms with E-state index in [9.17, 15) is 0 Å². The average Bonchev–Trinajstić information content (AvgIpc) is 2.69. The van der Waals surface area contributed by atoms with Gasteiger partial charge in [-0.15, -0.1) is 0 Å². The summed E-state index contributed by atoms with van der Waals surface area (Å²) in [5, 5.41) is 3.33. The number of nitrogens with one attached hydrogen (secondary N) is 2. The van der Waals surface area contributed by atoms with Crippen molar-refractivity contribution in [2.24, 2.45) is 0 Å². The maximum Gasteiger partial charge on any atom is 0.0312 e. The van der Waals surface area contributed by atoms with E-state index in [2.05, 4.69) is 34.3 Å². The van der Waals surface area contributed by atoms with E-state index in [-0.39, 0.29) is 0 Å². The molecule has 2 N–H and O–H groups in total. The van der Waals surface area contributed by atoms with Gasteiger partial charge in [-0.2, -0.15) is 0 Å². The van der Waals surface area contributed by atoms with Crippen LogP contribution >= 0.6 is 11.9 Å². The van der Waals surface area contributed by atoms with Crippen LogP contribution in [0.1, 0.15) is 6.42 Å². The van der Waals surface area contributed by atoms with Gasteiger partial charge in [0.1, 0.15) is 0 Å². The Bertz CT molecular complexity index is 244. The summed E-state index contributed by atoms with van der Waals surface area (Å²) in [5.74, 6) is 0. The van der Waals surface area contributed by atoms with Crippen molar-refractivity contribution in [2.75, 3.05) is 13.1 Å². The minimum Gasteiger partial charge on any atom is -0.315 e. The van der Waals surface area contributed by atoms with Crippen molar-refractivity contribution >= 4 is 11.9 Å². The molecule has 2 nitrogen and oxygen atoms in total. The molecule has 0 spiro atoms. The molecule has 13 heavy (non-hydrogen) atoms. The van der Waals surface area contributed by atoms with Gasteiger partial charge in [-0.1, -0.05) is 18.2 Å². The van der Waals surface area contributed by atoms with E-state index in [1.165, 1.54) is 11.3 Å². The van der Waals surface area contributed by atoms with E-state index in [1.807, 2.05) is 6.07 Å². The van der Waals surface area contributed by atoms with E-state index < -0.39 is 0 Å². The molecule has 1 aromatic rings. The summed E-state index contributed by atoms with van der Waals surface area (Å²) in [4.78, 5) is 1.29. The fraction of sp³-hybridized carbons (Fsp3) is 0.400. The van der Waals surface area contributed by atoms with Gasteiger partial charge >= 0.3 is 0 Å². The van der Waals surface area contributed by atoms with E-state index in [4.69, 9.17) is 0 Å². The zero-order valence-corrected chi connectivity index (χ0v) is 8.31. The third-order valence-corrected chi connectivity index (χ3v) is 3.11. The minimum absolute atomic E-state index is 0.630. The van der Waals surface area contributed by atoms with Crippen LogP contribution in [0.25, 0.3) is 0 Å². The highest BCUT2D eigenvalue weighted by Gasteiger charge is 2.13. The Kier molecular flexibility index (Phi) is 3.24. The summed E-state index contributed by atoms with van der Waals surface area (Å²) < 4.78 is 3.45. The Balaban J connectivity index is 1.79. The Morgan fingerprint density at radius 2 is 2.15 bits per heavy atom. The van der Waals surface area contributed by atoms with Crippen LogP contribution in [0.15, 0.2) is 35.2 Å². The molecule has 1 saturated heterocycles. The number of hydrogen-bond acceptors (Lipinski definition) is 3. The first-order valence-electron chi connectivity index (χ1n) is 4.63. The zero-order valence-electron chi connectivity index (χ0n) is 7.49. The molecule has 0 radical (unpaired) electrons. The smallest absolute Gasteiger partial charge is 0.0312 e. The molecule has 1 fully saturated rings. The van der Waals surface area contributed by atoms with Gasteiger partial charge in [0.05, 0.1) is 0 Å². The monoisotopic (exact) mass is 194 g/mol. The van der Waals surface area contributed by atoms with Crippen LogP contribution < -0.4 is 10.0 Å². The minimum atomic E-state index is 0.630. The molecule has 1 unspecified atom stereocenters. The summed E-state index contributed by atoms with van der Waals surface area (Å²) in [6.07, 6.45) is 1.24. The second-order valence-electron chi connectivity index (χ2n) is 3.22. The van der Waals surface area contributed by atoms with Crippen LogP contribution in [0.4, 0.5) is 0 Å². The largest absolute Gasteiger partial charge is 0.315 e. The third-order valence-electron chi connectivity index (χ3n) is 2.15.